The number of carbonyl (C=O) groups excluding carboxylic acids is 1. The van der Waals surface area contributed by atoms with Crippen LogP contribution in [0, 0.1) is 0 Å². The third-order valence-corrected chi connectivity index (χ3v) is 5.89. The van der Waals surface area contributed by atoms with Crippen LogP contribution in [0.1, 0.15) is 77.6 Å². The van der Waals surface area contributed by atoms with E-state index in [4.69, 9.17) is 4.74 Å². The number of carbonyl (C=O) groups is 1. The molecule has 0 spiro atoms. The Kier molecular flexibility index (Phi) is 14.1. The van der Waals surface area contributed by atoms with Crippen LogP contribution in [0.5, 0.6) is 5.75 Å². The highest BCUT2D eigenvalue weighted by Gasteiger charge is 2.24. The average molecular weight is 495 g/mol. The summed E-state index contributed by atoms with van der Waals surface area (Å²) in [6, 6.07) is 5.15. The van der Waals surface area contributed by atoms with Crippen LogP contribution < -0.4 is 10.1 Å². The summed E-state index contributed by atoms with van der Waals surface area (Å²) in [5.74, 6) is 0.651. The fourth-order valence-corrected chi connectivity index (χ4v) is 3.86. The predicted octanol–water partition coefficient (Wildman–Crippen LogP) is 8.00. The van der Waals surface area contributed by atoms with Crippen LogP contribution in [-0.2, 0) is 0 Å². The van der Waals surface area contributed by atoms with Gasteiger partial charge in [-0.2, -0.15) is 0 Å². The molecular formula is C31H46N2O3. The van der Waals surface area contributed by atoms with Gasteiger partial charge in [0.15, 0.2) is 0 Å². The van der Waals surface area contributed by atoms with Crippen molar-refractivity contribution in [2.45, 2.75) is 73.3 Å². The second-order valence-electron chi connectivity index (χ2n) is 9.52. The standard InChI is InChI=1S/C31H46N2O3/c1-9-20-32-30-28(17-12-18-29(30)36-8)31(35)33(26(6)22-27(7)34)21-19-25(5)16-11-15-24(4)14-10-13-23(2)3/h9,12-13,15,17-19,22,26,32,34H,1,10-11,14,16,20-21H2,2-8H3/b24-15+,25-19+,27-22+. The van der Waals surface area contributed by atoms with Crippen LogP contribution in [0.15, 0.2) is 77.6 Å². The molecule has 198 valence electrons. The molecular weight excluding hydrogens is 448 g/mol. The zero-order valence-electron chi connectivity index (χ0n) is 23.4. The molecule has 0 fully saturated rings. The lowest BCUT2D eigenvalue weighted by atomic mass is 10.1. The zero-order valence-corrected chi connectivity index (χ0v) is 23.4. The van der Waals surface area contributed by atoms with Gasteiger partial charge in [-0.1, -0.05) is 47.1 Å². The quantitative estimate of drug-likeness (QED) is 0.191. The number of benzene rings is 1. The molecule has 0 bridgehead atoms. The summed E-state index contributed by atoms with van der Waals surface area (Å²) in [5, 5.41) is 13.1. The number of nitrogens with one attached hydrogen (secondary N) is 1. The molecule has 1 atom stereocenters. The molecule has 0 heterocycles. The number of hydrogen-bond donors (Lipinski definition) is 2. The molecule has 2 N–H and O–H groups in total. The van der Waals surface area contributed by atoms with Crippen LogP contribution in [0.25, 0.3) is 0 Å². The smallest absolute Gasteiger partial charge is 0.256 e. The van der Waals surface area contributed by atoms with Gasteiger partial charge >= 0.3 is 0 Å². The van der Waals surface area contributed by atoms with Crippen molar-refractivity contribution < 1.29 is 14.6 Å². The highest BCUT2D eigenvalue weighted by Crippen LogP contribution is 2.30. The van der Waals surface area contributed by atoms with E-state index in [1.165, 1.54) is 16.7 Å². The first-order chi connectivity index (χ1) is 17.1. The topological polar surface area (TPSA) is 61.8 Å². The second kappa shape index (κ2) is 16.5. The average Bonchev–Trinajstić information content (AvgIpc) is 2.81. The van der Waals surface area contributed by atoms with Crippen molar-refractivity contribution in [2.75, 3.05) is 25.5 Å². The molecule has 0 aromatic heterocycles. The monoisotopic (exact) mass is 494 g/mol. The van der Waals surface area contributed by atoms with Gasteiger partial charge in [0.2, 0.25) is 0 Å². The van der Waals surface area contributed by atoms with Gasteiger partial charge in [0.05, 0.1) is 30.2 Å². The third-order valence-electron chi connectivity index (χ3n) is 5.89. The summed E-state index contributed by atoms with van der Waals surface area (Å²) >= 11 is 0. The first-order valence-electron chi connectivity index (χ1n) is 12.7. The van der Waals surface area contributed by atoms with Gasteiger partial charge in [0, 0.05) is 13.1 Å². The third kappa shape index (κ3) is 11.0. The number of allylic oxidation sites excluding steroid dienone is 6. The van der Waals surface area contributed by atoms with Gasteiger partial charge < -0.3 is 20.1 Å². The molecule has 1 amide bonds. The van der Waals surface area contributed by atoms with Crippen molar-refractivity contribution in [3.63, 3.8) is 0 Å². The Bertz CT molecular complexity index is 978. The lowest BCUT2D eigenvalue weighted by molar-refractivity contribution is 0.0744. The van der Waals surface area contributed by atoms with E-state index < -0.39 is 0 Å². The Labute approximate surface area is 218 Å². The number of ether oxygens (including phenoxy) is 1. The summed E-state index contributed by atoms with van der Waals surface area (Å²) in [5.41, 5.74) is 5.16. The van der Waals surface area contributed by atoms with E-state index in [9.17, 15) is 9.90 Å². The Morgan fingerprint density at radius 2 is 1.72 bits per heavy atom. The van der Waals surface area contributed by atoms with Crippen LogP contribution in [-0.4, -0.2) is 42.2 Å². The van der Waals surface area contributed by atoms with Crippen LogP contribution in [0.3, 0.4) is 0 Å². The van der Waals surface area contributed by atoms with Crippen molar-refractivity contribution in [3.05, 3.63) is 83.2 Å². The highest BCUT2D eigenvalue weighted by molar-refractivity contribution is 6.01. The van der Waals surface area contributed by atoms with Crippen LogP contribution >= 0.6 is 0 Å². The minimum atomic E-state index is -0.290. The summed E-state index contributed by atoms with van der Waals surface area (Å²) in [4.78, 5) is 15.5. The van der Waals surface area contributed by atoms with Gasteiger partial charge in [-0.15, -0.1) is 6.58 Å². The van der Waals surface area contributed by atoms with Crippen LogP contribution in [0.4, 0.5) is 5.69 Å². The lowest BCUT2D eigenvalue weighted by Gasteiger charge is -2.28. The largest absolute Gasteiger partial charge is 0.513 e. The van der Waals surface area contributed by atoms with E-state index >= 15 is 0 Å². The number of anilines is 1. The first-order valence-corrected chi connectivity index (χ1v) is 12.7. The highest BCUT2D eigenvalue weighted by atomic mass is 16.5. The lowest BCUT2D eigenvalue weighted by Crippen LogP contribution is -2.38. The van der Waals surface area contributed by atoms with E-state index in [1.54, 1.807) is 37.2 Å². The minimum Gasteiger partial charge on any atom is -0.513 e. The summed E-state index contributed by atoms with van der Waals surface area (Å²) < 4.78 is 5.50. The fraction of sp³-hybridized carbons (Fsp3) is 0.452. The predicted molar refractivity (Wildman–Crippen MR) is 154 cm³/mol. The molecule has 0 saturated carbocycles. The second-order valence-corrected chi connectivity index (χ2v) is 9.52. The number of hydrogen-bond acceptors (Lipinski definition) is 4. The first kappa shape index (κ1) is 30.8. The normalized spacial score (nSPS) is 13.1. The maximum absolute atomic E-state index is 13.7. The van der Waals surface area contributed by atoms with Crippen molar-refractivity contribution >= 4 is 11.6 Å². The van der Waals surface area contributed by atoms with Gasteiger partial charge in [0.25, 0.3) is 5.91 Å². The van der Waals surface area contributed by atoms with E-state index in [2.05, 4.69) is 57.8 Å². The summed E-state index contributed by atoms with van der Waals surface area (Å²) in [6.07, 6.45) is 14.2. The number of aliphatic hydroxyl groups is 1. The van der Waals surface area contributed by atoms with E-state index in [0.29, 0.717) is 30.1 Å². The molecule has 0 radical (unpaired) electrons. The molecule has 1 unspecified atom stereocenters. The van der Waals surface area contributed by atoms with Crippen molar-refractivity contribution in [1.82, 2.24) is 4.90 Å². The zero-order chi connectivity index (χ0) is 27.1. The van der Waals surface area contributed by atoms with E-state index in [1.807, 2.05) is 19.1 Å². The molecule has 1 aromatic carbocycles. The molecule has 5 heteroatoms. The summed E-state index contributed by atoms with van der Waals surface area (Å²) in [6.45, 7) is 16.8. The number of rotatable bonds is 15. The maximum Gasteiger partial charge on any atom is 0.256 e. The Hall–Kier alpha value is -3.21. The number of amides is 1. The van der Waals surface area contributed by atoms with Gasteiger partial charge in [0.1, 0.15) is 5.75 Å². The molecule has 36 heavy (non-hydrogen) atoms. The van der Waals surface area contributed by atoms with Crippen LogP contribution in [0.2, 0.25) is 0 Å². The van der Waals surface area contributed by atoms with E-state index in [0.717, 1.165) is 25.7 Å². The van der Waals surface area contributed by atoms with Gasteiger partial charge in [-0.05, 0) is 85.4 Å². The van der Waals surface area contributed by atoms with Crippen molar-refractivity contribution in [3.8, 4) is 5.75 Å². The molecule has 1 aromatic rings. The maximum atomic E-state index is 13.7. The Morgan fingerprint density at radius 3 is 2.31 bits per heavy atom. The number of aliphatic hydroxyl groups excluding tert-OH is 1. The van der Waals surface area contributed by atoms with E-state index in [-0.39, 0.29) is 17.7 Å². The molecule has 0 saturated heterocycles. The molecule has 0 aliphatic carbocycles. The number of para-hydroxylation sites is 1. The van der Waals surface area contributed by atoms with Crippen molar-refractivity contribution in [1.29, 1.82) is 0 Å². The number of methoxy groups -OCH3 is 1. The minimum absolute atomic E-state index is 0.135. The molecule has 1 rings (SSSR count). The SMILES string of the molecule is C=CCNc1c(OC)cccc1C(=O)N(C/C=C(\C)CC/C=C(\C)CCC=C(C)C)C(C)/C=C(\C)O. The Morgan fingerprint density at radius 1 is 1.08 bits per heavy atom. The summed E-state index contributed by atoms with van der Waals surface area (Å²) in [7, 11) is 1.59. The number of nitrogens with zero attached hydrogens (tertiary/aromatic N) is 1. The van der Waals surface area contributed by atoms with Gasteiger partial charge in [-0.25, -0.2) is 0 Å². The molecule has 5 nitrogen and oxygen atoms in total. The molecule has 0 aliphatic rings. The fourth-order valence-electron chi connectivity index (χ4n) is 3.86. The van der Waals surface area contributed by atoms with Gasteiger partial charge in [-0.3, -0.25) is 4.79 Å². The Balaban J connectivity index is 3.07. The molecule has 0 aliphatic heterocycles. The van der Waals surface area contributed by atoms with Crippen molar-refractivity contribution in [2.24, 2.45) is 0 Å².